The van der Waals surface area contributed by atoms with Gasteiger partial charge in [0.15, 0.2) is 0 Å². The van der Waals surface area contributed by atoms with Crippen LogP contribution in [-0.4, -0.2) is 44.9 Å². The Hall–Kier alpha value is -2.18. The van der Waals surface area contributed by atoms with E-state index in [-0.39, 0.29) is 30.2 Å². The molecular weight excluding hydrogens is 274 g/mol. The number of nitrogens with one attached hydrogen (secondary N) is 1. The van der Waals surface area contributed by atoms with Gasteiger partial charge in [-0.2, -0.15) is 0 Å². The minimum Gasteiger partial charge on any atom is -0.481 e. The summed E-state index contributed by atoms with van der Waals surface area (Å²) >= 11 is 0. The number of nitrogens with zero attached hydrogens (tertiary/aromatic N) is 2. The fraction of sp³-hybridized carbons (Fsp3) is 0.571. The molecule has 1 fully saturated rings. The van der Waals surface area contributed by atoms with Crippen LogP contribution in [0.15, 0.2) is 4.79 Å². The maximum atomic E-state index is 12.0. The fourth-order valence-corrected chi connectivity index (χ4v) is 2.59. The molecule has 7 heteroatoms. The van der Waals surface area contributed by atoms with Crippen LogP contribution in [0, 0.1) is 19.8 Å². The molecule has 0 atom stereocenters. The third-order valence-electron chi connectivity index (χ3n) is 3.70. The van der Waals surface area contributed by atoms with Gasteiger partial charge in [0, 0.05) is 36.7 Å². The molecule has 0 unspecified atom stereocenters. The molecule has 0 spiro atoms. The molecule has 1 amide bonds. The first-order valence-corrected chi connectivity index (χ1v) is 6.92. The number of aryl methyl sites for hydroxylation is 2. The van der Waals surface area contributed by atoms with Crippen molar-refractivity contribution in [2.45, 2.75) is 33.1 Å². The lowest BCUT2D eigenvalue weighted by atomic mass is 9.95. The van der Waals surface area contributed by atoms with Gasteiger partial charge in [0.1, 0.15) is 5.82 Å². The smallest absolute Gasteiger partial charge is 0.303 e. The third-order valence-corrected chi connectivity index (χ3v) is 3.70. The van der Waals surface area contributed by atoms with E-state index in [2.05, 4.69) is 9.97 Å². The first-order valence-electron chi connectivity index (χ1n) is 6.92. The normalized spacial score (nSPS) is 14.9. The summed E-state index contributed by atoms with van der Waals surface area (Å²) in [5, 5.41) is 8.66. The number of hydrogen-bond donors (Lipinski definition) is 2. The van der Waals surface area contributed by atoms with Gasteiger partial charge in [-0.25, -0.2) is 4.98 Å². The summed E-state index contributed by atoms with van der Waals surface area (Å²) in [7, 11) is 0. The quantitative estimate of drug-likeness (QED) is 0.810. The number of carbonyl (C=O) groups is 2. The van der Waals surface area contributed by atoms with Gasteiger partial charge in [0.2, 0.25) is 5.91 Å². The highest BCUT2D eigenvalue weighted by Gasteiger charge is 2.31. The van der Waals surface area contributed by atoms with Crippen LogP contribution < -0.4 is 5.56 Å². The zero-order valence-corrected chi connectivity index (χ0v) is 12.2. The zero-order valence-electron chi connectivity index (χ0n) is 12.2. The molecule has 21 heavy (non-hydrogen) atoms. The Balaban J connectivity index is 1.86. The molecule has 2 N–H and O–H groups in total. The lowest BCUT2D eigenvalue weighted by Gasteiger charge is -2.38. The minimum atomic E-state index is -0.833. The average Bonchev–Trinajstić information content (AvgIpc) is 2.31. The first kappa shape index (κ1) is 15.2. The Morgan fingerprint density at radius 3 is 2.62 bits per heavy atom. The number of aliphatic carboxylic acids is 1. The number of carbonyl (C=O) groups excluding carboxylic acids is 1. The number of aromatic amines is 1. The molecule has 1 saturated heterocycles. The topological polar surface area (TPSA) is 103 Å². The second-order valence-electron chi connectivity index (χ2n) is 5.48. The molecule has 1 aromatic rings. The molecule has 2 heterocycles. The molecule has 1 aliphatic heterocycles. The van der Waals surface area contributed by atoms with E-state index in [1.807, 2.05) is 0 Å². The number of amides is 1. The maximum Gasteiger partial charge on any atom is 0.303 e. The average molecular weight is 293 g/mol. The highest BCUT2D eigenvalue weighted by molar-refractivity contribution is 5.77. The van der Waals surface area contributed by atoms with Gasteiger partial charge in [-0.3, -0.25) is 14.4 Å². The molecule has 1 aromatic heterocycles. The van der Waals surface area contributed by atoms with E-state index >= 15 is 0 Å². The van der Waals surface area contributed by atoms with Crippen LogP contribution in [-0.2, 0) is 16.0 Å². The van der Waals surface area contributed by atoms with Crippen molar-refractivity contribution in [2.24, 2.45) is 5.92 Å². The molecule has 0 bridgehead atoms. The molecule has 0 aromatic carbocycles. The monoisotopic (exact) mass is 293 g/mol. The molecule has 1 aliphatic rings. The number of hydrogen-bond acceptors (Lipinski definition) is 4. The summed E-state index contributed by atoms with van der Waals surface area (Å²) in [5.74, 6) is -0.263. The van der Waals surface area contributed by atoms with Gasteiger partial charge >= 0.3 is 5.97 Å². The lowest BCUT2D eigenvalue weighted by Crippen LogP contribution is -2.50. The van der Waals surface area contributed by atoms with Crippen molar-refractivity contribution in [3.8, 4) is 0 Å². The van der Waals surface area contributed by atoms with Gasteiger partial charge in [0.05, 0.1) is 6.42 Å². The van der Waals surface area contributed by atoms with Crippen LogP contribution in [0.3, 0.4) is 0 Å². The first-order chi connectivity index (χ1) is 9.86. The molecule has 7 nitrogen and oxygen atoms in total. The lowest BCUT2D eigenvalue weighted by molar-refractivity contribution is -0.145. The number of likely N-dealkylation sites (tertiary alicyclic amines) is 1. The van der Waals surface area contributed by atoms with Crippen molar-refractivity contribution in [1.82, 2.24) is 14.9 Å². The fourth-order valence-electron chi connectivity index (χ4n) is 2.59. The summed E-state index contributed by atoms with van der Waals surface area (Å²) in [5.41, 5.74) is 0.994. The van der Waals surface area contributed by atoms with E-state index in [1.54, 1.807) is 18.7 Å². The van der Waals surface area contributed by atoms with Gasteiger partial charge in [-0.15, -0.1) is 0 Å². The maximum absolute atomic E-state index is 12.0. The van der Waals surface area contributed by atoms with Crippen LogP contribution in [0.2, 0.25) is 0 Å². The predicted octanol–water partition coefficient (Wildman–Crippen LogP) is 0.252. The van der Waals surface area contributed by atoms with Gasteiger partial charge in [-0.1, -0.05) is 0 Å². The molecular formula is C14H19N3O4. The number of H-pyrrole nitrogens is 1. The standard InChI is InChI=1S/C14H19N3O4/c1-8-11(14(21)16-9(2)15-8)3-4-12(18)17-6-10(7-17)5-13(19)20/h10H,3-7H2,1-2H3,(H,19,20)(H,15,16,21). The SMILES string of the molecule is Cc1nc(C)c(CCC(=O)N2CC(CC(=O)O)C2)c(=O)[nH]1. The van der Waals surface area contributed by atoms with Crippen LogP contribution in [0.4, 0.5) is 0 Å². The van der Waals surface area contributed by atoms with E-state index in [9.17, 15) is 14.4 Å². The van der Waals surface area contributed by atoms with Crippen molar-refractivity contribution in [2.75, 3.05) is 13.1 Å². The zero-order chi connectivity index (χ0) is 15.6. The Morgan fingerprint density at radius 2 is 2.05 bits per heavy atom. The highest BCUT2D eigenvalue weighted by Crippen LogP contribution is 2.20. The second kappa shape index (κ2) is 6.07. The van der Waals surface area contributed by atoms with E-state index in [0.29, 0.717) is 36.6 Å². The van der Waals surface area contributed by atoms with E-state index in [1.165, 1.54) is 0 Å². The second-order valence-corrected chi connectivity index (χ2v) is 5.48. The van der Waals surface area contributed by atoms with E-state index < -0.39 is 5.97 Å². The third kappa shape index (κ3) is 3.68. The van der Waals surface area contributed by atoms with Crippen LogP contribution in [0.5, 0.6) is 0 Å². The number of carboxylic acid groups (broad SMARTS) is 1. The Labute approximate surface area is 122 Å². The van der Waals surface area contributed by atoms with Crippen molar-refractivity contribution in [1.29, 1.82) is 0 Å². The molecule has 2 rings (SSSR count). The Morgan fingerprint density at radius 1 is 1.38 bits per heavy atom. The van der Waals surface area contributed by atoms with Crippen LogP contribution in [0.1, 0.15) is 29.9 Å². The summed E-state index contributed by atoms with van der Waals surface area (Å²) < 4.78 is 0. The molecule has 114 valence electrons. The summed E-state index contributed by atoms with van der Waals surface area (Å²) in [4.78, 5) is 42.8. The number of aromatic nitrogens is 2. The van der Waals surface area contributed by atoms with Crippen molar-refractivity contribution in [3.05, 3.63) is 27.4 Å². The molecule has 0 aliphatic carbocycles. The number of carboxylic acids is 1. The summed E-state index contributed by atoms with van der Waals surface area (Å²) in [6, 6.07) is 0. The summed E-state index contributed by atoms with van der Waals surface area (Å²) in [6.07, 6.45) is 0.701. The van der Waals surface area contributed by atoms with Crippen LogP contribution in [0.25, 0.3) is 0 Å². The van der Waals surface area contributed by atoms with Crippen molar-refractivity contribution in [3.63, 3.8) is 0 Å². The summed E-state index contributed by atoms with van der Waals surface area (Å²) in [6.45, 7) is 4.46. The van der Waals surface area contributed by atoms with Crippen molar-refractivity contribution >= 4 is 11.9 Å². The predicted molar refractivity (Wildman–Crippen MR) is 75.0 cm³/mol. The number of rotatable bonds is 5. The Kier molecular flexibility index (Phi) is 4.40. The van der Waals surface area contributed by atoms with Gasteiger partial charge < -0.3 is 15.0 Å². The van der Waals surface area contributed by atoms with Gasteiger partial charge in [0.25, 0.3) is 5.56 Å². The van der Waals surface area contributed by atoms with E-state index in [4.69, 9.17) is 5.11 Å². The Bertz CT molecular complexity index is 617. The molecule has 0 radical (unpaired) electrons. The van der Waals surface area contributed by atoms with Gasteiger partial charge in [-0.05, 0) is 20.3 Å². The van der Waals surface area contributed by atoms with Crippen LogP contribution >= 0.6 is 0 Å². The highest BCUT2D eigenvalue weighted by atomic mass is 16.4. The van der Waals surface area contributed by atoms with E-state index in [0.717, 1.165) is 0 Å². The van der Waals surface area contributed by atoms with Crippen molar-refractivity contribution < 1.29 is 14.7 Å². The molecule has 0 saturated carbocycles. The minimum absolute atomic E-state index is 0.0454. The largest absolute Gasteiger partial charge is 0.481 e.